The Balaban J connectivity index is 2.92. The summed E-state index contributed by atoms with van der Waals surface area (Å²) in [6, 6.07) is 4.05. The lowest BCUT2D eigenvalue weighted by atomic mass is 10.0. The van der Waals surface area contributed by atoms with Crippen molar-refractivity contribution >= 4 is 11.3 Å². The Kier molecular flexibility index (Phi) is 2.35. The minimum absolute atomic E-state index is 0.626. The predicted molar refractivity (Wildman–Crippen MR) is 48.9 cm³/mol. The fraction of sp³-hybridized carbons (Fsp3) is 0.556. The molecule has 0 spiro atoms. The van der Waals surface area contributed by atoms with Crippen LogP contribution in [0.4, 0.5) is 0 Å². The lowest BCUT2D eigenvalue weighted by Gasteiger charge is -2.18. The first kappa shape index (κ1) is 8.75. The maximum atomic E-state index is 9.82. The van der Waals surface area contributed by atoms with E-state index < -0.39 is 5.60 Å². The van der Waals surface area contributed by atoms with Gasteiger partial charge in [0.25, 0.3) is 0 Å². The standard InChI is InChI=1S/C9H14OS/c1-4-9(3,10)8-6-5-7(2)11-8/h5-6,10H,4H2,1-3H3. The molecule has 1 nitrogen and oxygen atoms in total. The second-order valence-corrected chi connectivity index (χ2v) is 4.33. The van der Waals surface area contributed by atoms with E-state index in [1.54, 1.807) is 11.3 Å². The van der Waals surface area contributed by atoms with Gasteiger partial charge in [-0.15, -0.1) is 11.3 Å². The zero-order valence-electron chi connectivity index (χ0n) is 7.22. The quantitative estimate of drug-likeness (QED) is 0.723. The molecule has 1 atom stereocenters. The molecule has 0 saturated carbocycles. The number of hydrogen-bond donors (Lipinski definition) is 1. The summed E-state index contributed by atoms with van der Waals surface area (Å²) in [5, 5.41) is 9.82. The molecule has 0 aliphatic heterocycles. The van der Waals surface area contributed by atoms with Crippen LogP contribution in [0.2, 0.25) is 0 Å². The van der Waals surface area contributed by atoms with E-state index in [0.29, 0.717) is 0 Å². The molecule has 0 aliphatic rings. The van der Waals surface area contributed by atoms with E-state index in [9.17, 15) is 5.11 Å². The van der Waals surface area contributed by atoms with Crippen LogP contribution in [0.15, 0.2) is 12.1 Å². The zero-order valence-corrected chi connectivity index (χ0v) is 8.03. The molecule has 0 aromatic carbocycles. The topological polar surface area (TPSA) is 20.2 Å². The summed E-state index contributed by atoms with van der Waals surface area (Å²) in [5.74, 6) is 0. The van der Waals surface area contributed by atoms with E-state index in [2.05, 4.69) is 6.92 Å². The molecule has 1 aromatic heterocycles. The van der Waals surface area contributed by atoms with Crippen molar-refractivity contribution in [2.24, 2.45) is 0 Å². The van der Waals surface area contributed by atoms with Gasteiger partial charge in [0.15, 0.2) is 0 Å². The normalized spacial score (nSPS) is 16.4. The van der Waals surface area contributed by atoms with Gasteiger partial charge in [0.2, 0.25) is 0 Å². The first-order chi connectivity index (χ1) is 5.06. The Morgan fingerprint density at radius 2 is 2.18 bits per heavy atom. The Labute approximate surface area is 71.7 Å². The van der Waals surface area contributed by atoms with Crippen molar-refractivity contribution in [3.05, 3.63) is 21.9 Å². The highest BCUT2D eigenvalue weighted by Gasteiger charge is 2.21. The third-order valence-corrected chi connectivity index (χ3v) is 3.21. The van der Waals surface area contributed by atoms with Crippen LogP contribution in [-0.2, 0) is 5.60 Å². The summed E-state index contributed by atoms with van der Waals surface area (Å²) in [6.07, 6.45) is 0.771. The Morgan fingerprint density at radius 3 is 2.55 bits per heavy atom. The third-order valence-electron chi connectivity index (χ3n) is 1.96. The number of aryl methyl sites for hydroxylation is 1. The zero-order chi connectivity index (χ0) is 8.48. The van der Waals surface area contributed by atoms with E-state index >= 15 is 0 Å². The van der Waals surface area contributed by atoms with E-state index in [1.807, 2.05) is 26.0 Å². The van der Waals surface area contributed by atoms with Crippen molar-refractivity contribution in [2.45, 2.75) is 32.8 Å². The van der Waals surface area contributed by atoms with Crippen molar-refractivity contribution in [1.29, 1.82) is 0 Å². The van der Waals surface area contributed by atoms with Crippen LogP contribution < -0.4 is 0 Å². The van der Waals surface area contributed by atoms with Crippen molar-refractivity contribution in [1.82, 2.24) is 0 Å². The Bertz CT molecular complexity index is 237. The minimum atomic E-state index is -0.626. The van der Waals surface area contributed by atoms with Crippen molar-refractivity contribution in [2.75, 3.05) is 0 Å². The average molecular weight is 170 g/mol. The molecule has 0 radical (unpaired) electrons. The summed E-state index contributed by atoms with van der Waals surface area (Å²) in [6.45, 7) is 5.91. The van der Waals surface area contributed by atoms with Crippen molar-refractivity contribution in [3.8, 4) is 0 Å². The number of rotatable bonds is 2. The maximum Gasteiger partial charge on any atom is 0.0957 e. The summed E-state index contributed by atoms with van der Waals surface area (Å²) in [7, 11) is 0. The van der Waals surface area contributed by atoms with Gasteiger partial charge >= 0.3 is 0 Å². The summed E-state index contributed by atoms with van der Waals surface area (Å²) < 4.78 is 0. The second-order valence-electron chi connectivity index (χ2n) is 3.04. The first-order valence-corrected chi connectivity index (χ1v) is 4.67. The number of thiophene rings is 1. The SMILES string of the molecule is CCC(C)(O)c1ccc(C)s1. The fourth-order valence-electron chi connectivity index (χ4n) is 0.898. The third kappa shape index (κ3) is 1.82. The molecule has 2 heteroatoms. The van der Waals surface area contributed by atoms with Gasteiger partial charge in [-0.05, 0) is 32.4 Å². The Morgan fingerprint density at radius 1 is 1.55 bits per heavy atom. The summed E-state index contributed by atoms with van der Waals surface area (Å²) in [5.41, 5.74) is -0.626. The molecule has 11 heavy (non-hydrogen) atoms. The smallest absolute Gasteiger partial charge is 0.0957 e. The maximum absolute atomic E-state index is 9.82. The van der Waals surface area contributed by atoms with Crippen LogP contribution in [-0.4, -0.2) is 5.11 Å². The van der Waals surface area contributed by atoms with E-state index in [4.69, 9.17) is 0 Å². The lowest BCUT2D eigenvalue weighted by molar-refractivity contribution is 0.0569. The van der Waals surface area contributed by atoms with Gasteiger partial charge in [0.05, 0.1) is 5.60 Å². The molecule has 1 heterocycles. The highest BCUT2D eigenvalue weighted by molar-refractivity contribution is 7.12. The molecule has 1 aromatic rings. The van der Waals surface area contributed by atoms with E-state index in [0.717, 1.165) is 11.3 Å². The minimum Gasteiger partial charge on any atom is -0.385 e. The van der Waals surface area contributed by atoms with Gasteiger partial charge in [0.1, 0.15) is 0 Å². The molecular formula is C9H14OS. The molecule has 0 aliphatic carbocycles. The Hall–Kier alpha value is -0.340. The van der Waals surface area contributed by atoms with Gasteiger partial charge in [0, 0.05) is 9.75 Å². The second kappa shape index (κ2) is 2.95. The van der Waals surface area contributed by atoms with Gasteiger partial charge in [-0.1, -0.05) is 6.92 Å². The van der Waals surface area contributed by atoms with Crippen LogP contribution in [0.25, 0.3) is 0 Å². The van der Waals surface area contributed by atoms with Crippen LogP contribution >= 0.6 is 11.3 Å². The van der Waals surface area contributed by atoms with E-state index in [-0.39, 0.29) is 0 Å². The van der Waals surface area contributed by atoms with Gasteiger partial charge in [-0.25, -0.2) is 0 Å². The van der Waals surface area contributed by atoms with Crippen molar-refractivity contribution in [3.63, 3.8) is 0 Å². The van der Waals surface area contributed by atoms with Gasteiger partial charge in [-0.2, -0.15) is 0 Å². The fourth-order valence-corrected chi connectivity index (χ4v) is 1.88. The van der Waals surface area contributed by atoms with Crippen LogP contribution in [0.5, 0.6) is 0 Å². The molecule has 0 amide bonds. The van der Waals surface area contributed by atoms with Gasteiger partial charge < -0.3 is 5.11 Å². The number of aliphatic hydroxyl groups is 1. The molecule has 0 bridgehead atoms. The molecule has 1 unspecified atom stereocenters. The highest BCUT2D eigenvalue weighted by atomic mass is 32.1. The number of hydrogen-bond acceptors (Lipinski definition) is 2. The first-order valence-electron chi connectivity index (χ1n) is 3.85. The van der Waals surface area contributed by atoms with Crippen LogP contribution in [0.3, 0.4) is 0 Å². The molecular weight excluding hydrogens is 156 g/mol. The van der Waals surface area contributed by atoms with E-state index in [1.165, 1.54) is 4.88 Å². The molecule has 0 fully saturated rings. The molecule has 62 valence electrons. The van der Waals surface area contributed by atoms with Crippen LogP contribution in [0, 0.1) is 6.92 Å². The lowest BCUT2D eigenvalue weighted by Crippen LogP contribution is -2.17. The summed E-state index contributed by atoms with van der Waals surface area (Å²) in [4.78, 5) is 2.33. The monoisotopic (exact) mass is 170 g/mol. The summed E-state index contributed by atoms with van der Waals surface area (Å²) >= 11 is 1.67. The predicted octanol–water partition coefficient (Wildman–Crippen LogP) is 2.67. The highest BCUT2D eigenvalue weighted by Crippen LogP contribution is 2.29. The molecule has 1 N–H and O–H groups in total. The van der Waals surface area contributed by atoms with Crippen molar-refractivity contribution < 1.29 is 5.11 Å². The average Bonchev–Trinajstić information content (AvgIpc) is 2.36. The molecule has 1 rings (SSSR count). The molecule has 0 saturated heterocycles. The van der Waals surface area contributed by atoms with Gasteiger partial charge in [-0.3, -0.25) is 0 Å². The van der Waals surface area contributed by atoms with Crippen LogP contribution in [0.1, 0.15) is 30.0 Å². The largest absolute Gasteiger partial charge is 0.385 e.